The van der Waals surface area contributed by atoms with Crippen LogP contribution in [0.2, 0.25) is 5.02 Å². The first-order valence-electron chi connectivity index (χ1n) is 12.6. The third kappa shape index (κ3) is 7.85. The molecule has 202 valence electrons. The standard InChI is InChI=1S/C27H36ClN3O5S/c1-4-25(27(33)29-21-12-6-5-7-13-21)30(18-20-11-8-9-16-24(20)28)26(32)19-31(37(3,34)35)22-14-10-15-23(17-22)36-2/h8-11,14-17,21,25H,4-7,12-13,18-19H2,1-3H3,(H,29,33). The molecule has 0 bridgehead atoms. The predicted octanol–water partition coefficient (Wildman–Crippen LogP) is 4.37. The van der Waals surface area contributed by atoms with Crippen LogP contribution in [0, 0.1) is 0 Å². The van der Waals surface area contributed by atoms with E-state index in [-0.39, 0.29) is 18.5 Å². The van der Waals surface area contributed by atoms with Gasteiger partial charge < -0.3 is 15.0 Å². The van der Waals surface area contributed by atoms with Crippen LogP contribution in [0.4, 0.5) is 5.69 Å². The van der Waals surface area contributed by atoms with Crippen LogP contribution >= 0.6 is 11.6 Å². The summed E-state index contributed by atoms with van der Waals surface area (Å²) in [6.45, 7) is 1.45. The summed E-state index contributed by atoms with van der Waals surface area (Å²) in [4.78, 5) is 28.7. The van der Waals surface area contributed by atoms with Crippen molar-refractivity contribution in [2.24, 2.45) is 0 Å². The molecule has 2 aromatic rings. The van der Waals surface area contributed by atoms with Gasteiger partial charge in [0.05, 0.1) is 19.1 Å². The van der Waals surface area contributed by atoms with Crippen LogP contribution in [0.3, 0.4) is 0 Å². The molecule has 1 aliphatic carbocycles. The van der Waals surface area contributed by atoms with Gasteiger partial charge in [0.1, 0.15) is 18.3 Å². The Hall–Kier alpha value is -2.78. The number of methoxy groups -OCH3 is 1. The zero-order valence-electron chi connectivity index (χ0n) is 21.7. The van der Waals surface area contributed by atoms with E-state index in [2.05, 4.69) is 5.32 Å². The summed E-state index contributed by atoms with van der Waals surface area (Å²) in [5.41, 5.74) is 0.973. The highest BCUT2D eigenvalue weighted by Crippen LogP contribution is 2.25. The van der Waals surface area contributed by atoms with E-state index in [1.807, 2.05) is 13.0 Å². The molecule has 0 aliphatic heterocycles. The third-order valence-corrected chi connectivity index (χ3v) is 8.17. The van der Waals surface area contributed by atoms with Crippen molar-refractivity contribution in [1.29, 1.82) is 0 Å². The molecule has 3 rings (SSSR count). The highest BCUT2D eigenvalue weighted by molar-refractivity contribution is 7.92. The molecule has 1 unspecified atom stereocenters. The molecule has 10 heteroatoms. The van der Waals surface area contributed by atoms with E-state index in [0.29, 0.717) is 28.4 Å². The minimum absolute atomic E-state index is 0.0742. The van der Waals surface area contributed by atoms with Crippen LogP contribution in [0.15, 0.2) is 48.5 Å². The van der Waals surface area contributed by atoms with Crippen molar-refractivity contribution < 1.29 is 22.7 Å². The Morgan fingerprint density at radius 2 is 1.81 bits per heavy atom. The van der Waals surface area contributed by atoms with Gasteiger partial charge >= 0.3 is 0 Å². The van der Waals surface area contributed by atoms with Crippen LogP contribution in [0.5, 0.6) is 5.75 Å². The number of nitrogens with one attached hydrogen (secondary N) is 1. The van der Waals surface area contributed by atoms with Crippen molar-refractivity contribution in [3.63, 3.8) is 0 Å². The number of ether oxygens (including phenoxy) is 1. The van der Waals surface area contributed by atoms with Gasteiger partial charge in [-0.1, -0.05) is 62.1 Å². The molecule has 0 aromatic heterocycles. The van der Waals surface area contributed by atoms with E-state index >= 15 is 0 Å². The number of anilines is 1. The number of hydrogen-bond donors (Lipinski definition) is 1. The van der Waals surface area contributed by atoms with Gasteiger partial charge in [0, 0.05) is 23.7 Å². The van der Waals surface area contributed by atoms with E-state index in [1.165, 1.54) is 12.0 Å². The largest absolute Gasteiger partial charge is 0.497 e. The number of amides is 2. The molecule has 0 heterocycles. The van der Waals surface area contributed by atoms with Crippen LogP contribution in [0.1, 0.15) is 51.0 Å². The first-order valence-corrected chi connectivity index (χ1v) is 14.8. The number of nitrogens with zero attached hydrogens (tertiary/aromatic N) is 2. The molecule has 0 spiro atoms. The van der Waals surface area contributed by atoms with Gasteiger partial charge in [-0.15, -0.1) is 0 Å². The van der Waals surface area contributed by atoms with Gasteiger partial charge in [-0.05, 0) is 43.0 Å². The van der Waals surface area contributed by atoms with Gasteiger partial charge in [0.2, 0.25) is 21.8 Å². The lowest BCUT2D eigenvalue weighted by atomic mass is 9.95. The first kappa shape index (κ1) is 28.8. The van der Waals surface area contributed by atoms with E-state index in [0.717, 1.165) is 42.7 Å². The number of halogens is 1. The van der Waals surface area contributed by atoms with Crippen molar-refractivity contribution >= 4 is 39.1 Å². The van der Waals surface area contributed by atoms with Crippen molar-refractivity contribution in [3.05, 3.63) is 59.1 Å². The molecule has 0 saturated heterocycles. The number of carbonyl (C=O) groups is 2. The fourth-order valence-corrected chi connectivity index (χ4v) is 5.69. The van der Waals surface area contributed by atoms with E-state index in [9.17, 15) is 18.0 Å². The minimum Gasteiger partial charge on any atom is -0.497 e. The lowest BCUT2D eigenvalue weighted by Crippen LogP contribution is -2.54. The number of benzene rings is 2. The molecule has 2 aromatic carbocycles. The van der Waals surface area contributed by atoms with Crippen LogP contribution in [-0.4, -0.2) is 57.1 Å². The topological polar surface area (TPSA) is 96.0 Å². The smallest absolute Gasteiger partial charge is 0.244 e. The number of sulfonamides is 1. The zero-order valence-corrected chi connectivity index (χ0v) is 23.2. The van der Waals surface area contributed by atoms with Crippen LogP contribution < -0.4 is 14.4 Å². The molecular formula is C27H36ClN3O5S. The fourth-order valence-electron chi connectivity index (χ4n) is 4.65. The Morgan fingerprint density at radius 3 is 2.43 bits per heavy atom. The molecule has 1 aliphatic rings. The summed E-state index contributed by atoms with van der Waals surface area (Å²) in [6.07, 6.45) is 6.53. The van der Waals surface area contributed by atoms with Crippen molar-refractivity contribution in [2.45, 2.75) is 64.1 Å². The SMILES string of the molecule is CCC(C(=O)NC1CCCCC1)N(Cc1ccccc1Cl)C(=O)CN(c1cccc(OC)c1)S(C)(=O)=O. The molecule has 1 N–H and O–H groups in total. The Bertz CT molecular complexity index is 1180. The first-order chi connectivity index (χ1) is 17.6. The molecule has 8 nitrogen and oxygen atoms in total. The molecule has 1 fully saturated rings. The van der Waals surface area contributed by atoms with Gasteiger partial charge in [-0.3, -0.25) is 13.9 Å². The van der Waals surface area contributed by atoms with Crippen molar-refractivity contribution in [3.8, 4) is 5.75 Å². The summed E-state index contributed by atoms with van der Waals surface area (Å²) in [6, 6.07) is 12.9. The summed E-state index contributed by atoms with van der Waals surface area (Å²) in [7, 11) is -2.34. The Labute approximate surface area is 225 Å². The molecule has 2 amide bonds. The maximum Gasteiger partial charge on any atom is 0.244 e. The average molecular weight is 550 g/mol. The predicted molar refractivity (Wildman–Crippen MR) is 146 cm³/mol. The maximum atomic E-state index is 13.8. The lowest BCUT2D eigenvalue weighted by molar-refractivity contribution is -0.140. The third-order valence-electron chi connectivity index (χ3n) is 6.66. The molecular weight excluding hydrogens is 514 g/mol. The summed E-state index contributed by atoms with van der Waals surface area (Å²) in [5.74, 6) is -0.272. The highest BCUT2D eigenvalue weighted by atomic mass is 35.5. The van der Waals surface area contributed by atoms with Gasteiger partial charge in [0.25, 0.3) is 0 Å². The molecule has 37 heavy (non-hydrogen) atoms. The molecule has 1 saturated carbocycles. The number of rotatable bonds is 11. The van der Waals surface area contributed by atoms with Gasteiger partial charge in [0.15, 0.2) is 0 Å². The summed E-state index contributed by atoms with van der Waals surface area (Å²) in [5, 5.41) is 3.59. The second kappa shape index (κ2) is 13.1. The second-order valence-electron chi connectivity index (χ2n) is 9.35. The fraction of sp³-hybridized carbons (Fsp3) is 0.481. The minimum atomic E-state index is -3.82. The normalized spacial score (nSPS) is 15.0. The molecule has 1 atom stereocenters. The Balaban J connectivity index is 1.93. The lowest BCUT2D eigenvalue weighted by Gasteiger charge is -2.34. The van der Waals surface area contributed by atoms with Crippen LogP contribution in [-0.2, 0) is 26.2 Å². The van der Waals surface area contributed by atoms with Gasteiger partial charge in [-0.25, -0.2) is 8.42 Å². The maximum absolute atomic E-state index is 13.8. The summed E-state index contributed by atoms with van der Waals surface area (Å²) < 4.78 is 31.8. The van der Waals surface area contributed by atoms with Crippen molar-refractivity contribution in [1.82, 2.24) is 10.2 Å². The second-order valence-corrected chi connectivity index (χ2v) is 11.7. The zero-order chi connectivity index (χ0) is 27.0. The van der Waals surface area contributed by atoms with Crippen LogP contribution in [0.25, 0.3) is 0 Å². The summed E-state index contributed by atoms with van der Waals surface area (Å²) >= 11 is 6.40. The van der Waals surface area contributed by atoms with Gasteiger partial charge in [-0.2, -0.15) is 0 Å². The van der Waals surface area contributed by atoms with E-state index in [4.69, 9.17) is 16.3 Å². The number of hydrogen-bond acceptors (Lipinski definition) is 5. The van der Waals surface area contributed by atoms with Crippen molar-refractivity contribution in [2.75, 3.05) is 24.2 Å². The molecule has 0 radical (unpaired) electrons. The Kier molecular flexibility index (Phi) is 10.2. The highest BCUT2D eigenvalue weighted by Gasteiger charge is 2.33. The van der Waals surface area contributed by atoms with E-state index in [1.54, 1.807) is 42.5 Å². The number of carbonyl (C=O) groups excluding carboxylic acids is 2. The monoisotopic (exact) mass is 549 g/mol. The average Bonchev–Trinajstić information content (AvgIpc) is 2.88. The Morgan fingerprint density at radius 1 is 1.11 bits per heavy atom. The van der Waals surface area contributed by atoms with E-state index < -0.39 is 28.5 Å². The quantitative estimate of drug-likeness (QED) is 0.449.